The highest BCUT2D eigenvalue weighted by Gasteiger charge is 2.39. The van der Waals surface area contributed by atoms with Gasteiger partial charge in [-0.2, -0.15) is 0 Å². The molecule has 0 N–H and O–H groups in total. The van der Waals surface area contributed by atoms with E-state index in [-0.39, 0.29) is 11.3 Å². The zero-order chi connectivity index (χ0) is 13.4. The van der Waals surface area contributed by atoms with Crippen LogP contribution >= 0.6 is 23.4 Å². The van der Waals surface area contributed by atoms with Crippen LogP contribution in [0.15, 0.2) is 35.4 Å². The van der Waals surface area contributed by atoms with E-state index in [4.69, 9.17) is 11.6 Å². The molecule has 2 nitrogen and oxygen atoms in total. The first-order valence-corrected chi connectivity index (χ1v) is 8.23. The molecular formula is C15H16ClNOS. The molecule has 1 amide bonds. The molecule has 0 spiro atoms. The third kappa shape index (κ3) is 2.19. The van der Waals surface area contributed by atoms with Crippen molar-refractivity contribution < 1.29 is 4.79 Å². The Labute approximate surface area is 122 Å². The fourth-order valence-corrected chi connectivity index (χ4v) is 4.05. The van der Waals surface area contributed by atoms with Gasteiger partial charge in [0.15, 0.2) is 0 Å². The highest BCUT2D eigenvalue weighted by Crippen LogP contribution is 2.42. The average Bonchev–Trinajstić information content (AvgIpc) is 2.73. The molecule has 2 aliphatic rings. The van der Waals surface area contributed by atoms with Crippen LogP contribution in [-0.2, 0) is 4.79 Å². The Morgan fingerprint density at radius 3 is 2.58 bits per heavy atom. The Morgan fingerprint density at radius 2 is 1.89 bits per heavy atom. The van der Waals surface area contributed by atoms with Crippen molar-refractivity contribution in [3.05, 3.63) is 40.4 Å². The highest BCUT2D eigenvalue weighted by molar-refractivity contribution is 7.99. The summed E-state index contributed by atoms with van der Waals surface area (Å²) in [7, 11) is 0. The summed E-state index contributed by atoms with van der Waals surface area (Å²) in [4.78, 5) is 14.5. The van der Waals surface area contributed by atoms with E-state index in [1.54, 1.807) is 11.8 Å². The predicted octanol–water partition coefficient (Wildman–Crippen LogP) is 4.25. The SMILES string of the molecule is CSC1C2=C(CCCC2)C(=O)N1c1ccc(Cl)cc1. The fraction of sp³-hybridized carbons (Fsp3) is 0.400. The van der Waals surface area contributed by atoms with Gasteiger partial charge >= 0.3 is 0 Å². The molecule has 0 saturated carbocycles. The van der Waals surface area contributed by atoms with Crippen molar-refractivity contribution in [2.24, 2.45) is 0 Å². The van der Waals surface area contributed by atoms with Gasteiger partial charge in [-0.3, -0.25) is 9.69 Å². The van der Waals surface area contributed by atoms with E-state index in [9.17, 15) is 4.79 Å². The minimum absolute atomic E-state index is 0.170. The van der Waals surface area contributed by atoms with Crippen LogP contribution in [0.25, 0.3) is 0 Å². The van der Waals surface area contributed by atoms with Crippen LogP contribution in [0.3, 0.4) is 0 Å². The van der Waals surface area contributed by atoms with Gasteiger partial charge in [0, 0.05) is 16.3 Å². The van der Waals surface area contributed by atoms with E-state index in [0.29, 0.717) is 5.02 Å². The zero-order valence-electron chi connectivity index (χ0n) is 10.9. The molecule has 1 aromatic carbocycles. The standard InChI is InChI=1S/C15H16ClNOS/c1-19-15-13-5-3-2-4-12(13)14(18)17(15)11-8-6-10(16)7-9-11/h6-9,15H,2-5H2,1H3. The number of thioether (sulfide) groups is 1. The second kappa shape index (κ2) is 5.22. The summed E-state index contributed by atoms with van der Waals surface area (Å²) in [6.07, 6.45) is 6.43. The monoisotopic (exact) mass is 293 g/mol. The van der Waals surface area contributed by atoms with Crippen LogP contribution in [0.1, 0.15) is 25.7 Å². The van der Waals surface area contributed by atoms with Gasteiger partial charge in [0.25, 0.3) is 5.91 Å². The molecule has 1 aromatic rings. The molecule has 19 heavy (non-hydrogen) atoms. The number of benzene rings is 1. The van der Waals surface area contributed by atoms with Crippen molar-refractivity contribution in [1.82, 2.24) is 0 Å². The number of carbonyl (C=O) groups is 1. The van der Waals surface area contributed by atoms with E-state index in [0.717, 1.165) is 30.5 Å². The van der Waals surface area contributed by atoms with Crippen molar-refractivity contribution in [2.45, 2.75) is 31.1 Å². The highest BCUT2D eigenvalue weighted by atomic mass is 35.5. The van der Waals surface area contributed by atoms with Crippen molar-refractivity contribution in [3.63, 3.8) is 0 Å². The van der Waals surface area contributed by atoms with Crippen molar-refractivity contribution in [1.29, 1.82) is 0 Å². The lowest BCUT2D eigenvalue weighted by atomic mass is 9.94. The summed E-state index contributed by atoms with van der Waals surface area (Å²) in [6, 6.07) is 7.56. The minimum Gasteiger partial charge on any atom is -0.292 e. The lowest BCUT2D eigenvalue weighted by Crippen LogP contribution is -2.33. The number of anilines is 1. The summed E-state index contributed by atoms with van der Waals surface area (Å²) in [5.41, 5.74) is 3.35. The van der Waals surface area contributed by atoms with Gasteiger partial charge in [-0.25, -0.2) is 0 Å². The summed E-state index contributed by atoms with van der Waals surface area (Å²) < 4.78 is 0. The van der Waals surface area contributed by atoms with E-state index in [2.05, 4.69) is 6.26 Å². The van der Waals surface area contributed by atoms with Gasteiger partial charge in [0.05, 0.1) is 0 Å². The number of amides is 1. The molecule has 0 saturated heterocycles. The van der Waals surface area contributed by atoms with E-state index < -0.39 is 0 Å². The Kier molecular flexibility index (Phi) is 3.59. The predicted molar refractivity (Wildman–Crippen MR) is 81.7 cm³/mol. The zero-order valence-corrected chi connectivity index (χ0v) is 12.4. The first-order valence-electron chi connectivity index (χ1n) is 6.56. The summed E-state index contributed by atoms with van der Waals surface area (Å²) in [6.45, 7) is 0. The maximum absolute atomic E-state index is 12.6. The molecule has 3 rings (SSSR count). The van der Waals surface area contributed by atoms with Gasteiger partial charge in [-0.15, -0.1) is 11.8 Å². The van der Waals surface area contributed by atoms with Crippen LogP contribution < -0.4 is 4.90 Å². The number of halogens is 1. The Hall–Kier alpha value is -0.930. The molecule has 1 aliphatic carbocycles. The quantitative estimate of drug-likeness (QED) is 0.812. The second-order valence-corrected chi connectivity index (χ2v) is 6.30. The third-order valence-corrected chi connectivity index (χ3v) is 5.04. The summed E-state index contributed by atoms with van der Waals surface area (Å²) >= 11 is 7.67. The maximum Gasteiger partial charge on any atom is 0.255 e. The van der Waals surface area contributed by atoms with Crippen molar-refractivity contribution >= 4 is 35.0 Å². The van der Waals surface area contributed by atoms with Gasteiger partial charge in [0.1, 0.15) is 5.37 Å². The van der Waals surface area contributed by atoms with Crippen LogP contribution in [0.2, 0.25) is 5.02 Å². The molecule has 1 aliphatic heterocycles. The van der Waals surface area contributed by atoms with Gasteiger partial charge in [-0.1, -0.05) is 11.6 Å². The molecule has 1 atom stereocenters. The molecular weight excluding hydrogens is 278 g/mol. The van der Waals surface area contributed by atoms with E-state index in [1.165, 1.54) is 12.0 Å². The first-order chi connectivity index (χ1) is 9.22. The van der Waals surface area contributed by atoms with Crippen LogP contribution in [-0.4, -0.2) is 17.5 Å². The van der Waals surface area contributed by atoms with Gasteiger partial charge in [0.2, 0.25) is 0 Å². The number of carbonyl (C=O) groups excluding carboxylic acids is 1. The Bertz CT molecular complexity index is 538. The lowest BCUT2D eigenvalue weighted by molar-refractivity contribution is -0.114. The third-order valence-electron chi connectivity index (χ3n) is 3.85. The first kappa shape index (κ1) is 13.1. The Balaban J connectivity index is 1.99. The largest absolute Gasteiger partial charge is 0.292 e. The topological polar surface area (TPSA) is 20.3 Å². The molecule has 100 valence electrons. The molecule has 0 fully saturated rings. The van der Waals surface area contributed by atoms with E-state index >= 15 is 0 Å². The molecule has 0 bridgehead atoms. The van der Waals surface area contributed by atoms with Crippen LogP contribution in [0.4, 0.5) is 5.69 Å². The molecule has 1 unspecified atom stereocenters. The normalized spacial score (nSPS) is 22.9. The second-order valence-electron chi connectivity index (χ2n) is 4.95. The number of rotatable bonds is 2. The fourth-order valence-electron chi connectivity index (χ4n) is 2.96. The molecule has 0 radical (unpaired) electrons. The molecule has 1 heterocycles. The molecule has 0 aromatic heterocycles. The van der Waals surface area contributed by atoms with Crippen LogP contribution in [0, 0.1) is 0 Å². The molecule has 4 heteroatoms. The minimum atomic E-state index is 0.170. The lowest BCUT2D eigenvalue weighted by Gasteiger charge is -2.25. The number of hydrogen-bond donors (Lipinski definition) is 0. The van der Waals surface area contributed by atoms with Gasteiger partial charge < -0.3 is 0 Å². The smallest absolute Gasteiger partial charge is 0.255 e. The van der Waals surface area contributed by atoms with Crippen LogP contribution in [0.5, 0.6) is 0 Å². The van der Waals surface area contributed by atoms with Crippen molar-refractivity contribution in [3.8, 4) is 0 Å². The summed E-state index contributed by atoms with van der Waals surface area (Å²) in [5.74, 6) is 0.191. The maximum atomic E-state index is 12.6. The number of nitrogens with zero attached hydrogens (tertiary/aromatic N) is 1. The van der Waals surface area contributed by atoms with E-state index in [1.807, 2.05) is 29.2 Å². The van der Waals surface area contributed by atoms with Gasteiger partial charge in [-0.05, 0) is 61.8 Å². The number of hydrogen-bond acceptors (Lipinski definition) is 2. The summed E-state index contributed by atoms with van der Waals surface area (Å²) in [5, 5.41) is 0.873. The average molecular weight is 294 g/mol. The van der Waals surface area contributed by atoms with Crippen molar-refractivity contribution in [2.75, 3.05) is 11.2 Å². The Morgan fingerprint density at radius 1 is 1.21 bits per heavy atom.